The molecule has 0 aliphatic heterocycles. The van der Waals surface area contributed by atoms with Crippen LogP contribution in [0.25, 0.3) is 0 Å². The maximum Gasteiger partial charge on any atom is 0.309 e. The second kappa shape index (κ2) is 42.6. The lowest BCUT2D eigenvalue weighted by Gasteiger charge is -2.18. The zero-order valence-electron chi connectivity index (χ0n) is 35.0. The Hall–Kier alpha value is -3.15. The summed E-state index contributed by atoms with van der Waals surface area (Å²) in [5.74, 6) is -1.06. The largest absolute Gasteiger partial charge is 0.462 e. The Balaban J connectivity index is 4.52. The molecule has 0 radical (unpaired) electrons. The summed E-state index contributed by atoms with van der Waals surface area (Å²) in [4.78, 5) is 37.6. The molecule has 0 aromatic carbocycles. The fourth-order valence-electron chi connectivity index (χ4n) is 5.69. The standard InChI is InChI=1S/C48H80O6/c1-4-7-10-13-16-19-22-23-24-25-27-29-32-35-38-41-47(50)53-44-45(43-52-46(49)40-37-34-31-28-21-18-15-12-9-6-3)54-48(51)42-39-36-33-30-26-20-17-14-11-8-5-2/h7,10,12,15-16,19,23-24,27,29,35,38,45H,4-6,8-9,11,13-14,17-18,20-22,25-26,28,30-34,36-37,39-44H2,1-3H3/b10-7-,15-12-,19-16-,24-23-,29-27-,38-35-. The Kier molecular flexibility index (Phi) is 40.1. The molecule has 0 fully saturated rings. The summed E-state index contributed by atoms with van der Waals surface area (Å²) in [7, 11) is 0. The van der Waals surface area contributed by atoms with Crippen molar-refractivity contribution >= 4 is 17.9 Å². The molecule has 308 valence electrons. The summed E-state index contributed by atoms with van der Waals surface area (Å²) >= 11 is 0. The molecule has 0 N–H and O–H groups in total. The Morgan fingerprint density at radius 3 is 1.35 bits per heavy atom. The summed E-state index contributed by atoms with van der Waals surface area (Å²) < 4.78 is 16.5. The number of ether oxygens (including phenoxy) is 3. The summed E-state index contributed by atoms with van der Waals surface area (Å²) in [6.07, 6.45) is 51.9. The van der Waals surface area contributed by atoms with Crippen LogP contribution < -0.4 is 0 Å². The molecular formula is C48H80O6. The average Bonchev–Trinajstić information content (AvgIpc) is 3.17. The van der Waals surface area contributed by atoms with Crippen molar-refractivity contribution < 1.29 is 28.6 Å². The van der Waals surface area contributed by atoms with E-state index in [0.29, 0.717) is 12.8 Å². The van der Waals surface area contributed by atoms with Crippen molar-refractivity contribution in [1.82, 2.24) is 0 Å². The minimum atomic E-state index is -0.813. The van der Waals surface area contributed by atoms with E-state index in [-0.39, 0.29) is 31.6 Å². The Morgan fingerprint density at radius 2 is 0.833 bits per heavy atom. The van der Waals surface area contributed by atoms with Crippen LogP contribution in [0.3, 0.4) is 0 Å². The van der Waals surface area contributed by atoms with Crippen LogP contribution in [0.2, 0.25) is 0 Å². The Labute approximate surface area is 332 Å². The van der Waals surface area contributed by atoms with E-state index >= 15 is 0 Å². The smallest absolute Gasteiger partial charge is 0.309 e. The van der Waals surface area contributed by atoms with E-state index in [0.717, 1.165) is 89.9 Å². The molecule has 1 unspecified atom stereocenters. The molecule has 0 aromatic rings. The van der Waals surface area contributed by atoms with E-state index in [1.54, 1.807) is 6.08 Å². The van der Waals surface area contributed by atoms with Crippen LogP contribution in [-0.4, -0.2) is 37.2 Å². The fraction of sp³-hybridized carbons (Fsp3) is 0.688. The van der Waals surface area contributed by atoms with Crippen LogP contribution in [0.5, 0.6) is 0 Å². The van der Waals surface area contributed by atoms with Crippen molar-refractivity contribution in [2.45, 2.75) is 200 Å². The van der Waals surface area contributed by atoms with E-state index in [1.807, 2.05) is 6.08 Å². The average molecular weight is 753 g/mol. The highest BCUT2D eigenvalue weighted by molar-refractivity contribution is 5.72. The number of carbonyl (C=O) groups excluding carboxylic acids is 3. The van der Waals surface area contributed by atoms with E-state index in [9.17, 15) is 14.4 Å². The topological polar surface area (TPSA) is 78.9 Å². The molecule has 0 bridgehead atoms. The van der Waals surface area contributed by atoms with Crippen LogP contribution in [0.4, 0.5) is 0 Å². The van der Waals surface area contributed by atoms with Gasteiger partial charge >= 0.3 is 17.9 Å². The SMILES string of the molecule is CC/C=C\C/C=C\C/C=C\C/C=C\C/C=C\CC(=O)OCC(COC(=O)CCCCCCC/C=C\CCC)OC(=O)CCCCCCCCCCCCC. The molecule has 0 saturated carbocycles. The van der Waals surface area contributed by atoms with Crippen molar-refractivity contribution in [1.29, 1.82) is 0 Å². The highest BCUT2D eigenvalue weighted by Crippen LogP contribution is 2.13. The van der Waals surface area contributed by atoms with Gasteiger partial charge in [0.15, 0.2) is 6.10 Å². The zero-order chi connectivity index (χ0) is 39.4. The van der Waals surface area contributed by atoms with E-state index in [4.69, 9.17) is 14.2 Å². The fourth-order valence-corrected chi connectivity index (χ4v) is 5.69. The first kappa shape index (κ1) is 50.9. The van der Waals surface area contributed by atoms with Crippen molar-refractivity contribution in [2.75, 3.05) is 13.2 Å². The molecule has 0 aliphatic carbocycles. The number of hydrogen-bond acceptors (Lipinski definition) is 6. The molecule has 6 heteroatoms. The minimum absolute atomic E-state index is 0.109. The quantitative estimate of drug-likeness (QED) is 0.0270. The van der Waals surface area contributed by atoms with E-state index < -0.39 is 12.1 Å². The molecule has 0 spiro atoms. The van der Waals surface area contributed by atoms with Gasteiger partial charge in [-0.1, -0.05) is 184 Å². The second-order valence-electron chi connectivity index (χ2n) is 14.2. The Morgan fingerprint density at radius 1 is 0.407 bits per heavy atom. The van der Waals surface area contributed by atoms with Gasteiger partial charge in [-0.15, -0.1) is 0 Å². The summed E-state index contributed by atoms with van der Waals surface area (Å²) in [5, 5.41) is 0. The normalized spacial score (nSPS) is 12.7. The number of esters is 3. The predicted molar refractivity (Wildman–Crippen MR) is 228 cm³/mol. The number of unbranched alkanes of at least 4 members (excludes halogenated alkanes) is 16. The van der Waals surface area contributed by atoms with Gasteiger partial charge in [-0.2, -0.15) is 0 Å². The van der Waals surface area contributed by atoms with Gasteiger partial charge in [0.1, 0.15) is 13.2 Å². The Bertz CT molecular complexity index is 1050. The first-order chi connectivity index (χ1) is 26.5. The molecule has 0 rings (SSSR count). The van der Waals surface area contributed by atoms with Gasteiger partial charge in [-0.05, 0) is 64.2 Å². The molecule has 1 atom stereocenters. The van der Waals surface area contributed by atoms with Gasteiger partial charge in [-0.25, -0.2) is 0 Å². The molecule has 0 aromatic heterocycles. The first-order valence-electron chi connectivity index (χ1n) is 21.9. The molecule has 0 amide bonds. The number of rotatable bonds is 38. The van der Waals surface area contributed by atoms with Crippen LogP contribution in [0.1, 0.15) is 194 Å². The summed E-state index contributed by atoms with van der Waals surface area (Å²) in [5.41, 5.74) is 0. The summed E-state index contributed by atoms with van der Waals surface area (Å²) in [6.45, 7) is 6.33. The molecule has 54 heavy (non-hydrogen) atoms. The van der Waals surface area contributed by atoms with Gasteiger partial charge < -0.3 is 14.2 Å². The van der Waals surface area contributed by atoms with Crippen molar-refractivity contribution in [3.05, 3.63) is 72.9 Å². The van der Waals surface area contributed by atoms with Crippen LogP contribution >= 0.6 is 0 Å². The van der Waals surface area contributed by atoms with Gasteiger partial charge in [0.2, 0.25) is 0 Å². The zero-order valence-corrected chi connectivity index (χ0v) is 35.0. The molecule has 0 saturated heterocycles. The third-order valence-corrected chi connectivity index (χ3v) is 8.96. The van der Waals surface area contributed by atoms with Gasteiger partial charge in [0.25, 0.3) is 0 Å². The number of carbonyl (C=O) groups is 3. The van der Waals surface area contributed by atoms with Crippen molar-refractivity contribution in [3.63, 3.8) is 0 Å². The van der Waals surface area contributed by atoms with Crippen LogP contribution in [-0.2, 0) is 28.6 Å². The van der Waals surface area contributed by atoms with Crippen LogP contribution in [0.15, 0.2) is 72.9 Å². The van der Waals surface area contributed by atoms with Gasteiger partial charge in [0.05, 0.1) is 6.42 Å². The number of hydrogen-bond donors (Lipinski definition) is 0. The van der Waals surface area contributed by atoms with Crippen molar-refractivity contribution in [3.8, 4) is 0 Å². The third-order valence-electron chi connectivity index (χ3n) is 8.96. The second-order valence-corrected chi connectivity index (χ2v) is 14.2. The third kappa shape index (κ3) is 40.0. The molecule has 0 aliphatic rings. The first-order valence-corrected chi connectivity index (χ1v) is 21.9. The van der Waals surface area contributed by atoms with E-state index in [2.05, 4.69) is 81.5 Å². The minimum Gasteiger partial charge on any atom is -0.462 e. The highest BCUT2D eigenvalue weighted by atomic mass is 16.6. The van der Waals surface area contributed by atoms with Gasteiger partial charge in [-0.3, -0.25) is 14.4 Å². The number of allylic oxidation sites excluding steroid dienone is 11. The lowest BCUT2D eigenvalue weighted by molar-refractivity contribution is -0.166. The molecular weight excluding hydrogens is 673 g/mol. The molecule has 0 heterocycles. The molecule has 6 nitrogen and oxygen atoms in total. The van der Waals surface area contributed by atoms with E-state index in [1.165, 1.54) is 64.2 Å². The lowest BCUT2D eigenvalue weighted by Crippen LogP contribution is -2.30. The van der Waals surface area contributed by atoms with Gasteiger partial charge in [0, 0.05) is 12.8 Å². The maximum absolute atomic E-state index is 12.7. The predicted octanol–water partition coefficient (Wildman–Crippen LogP) is 13.9. The van der Waals surface area contributed by atoms with Crippen molar-refractivity contribution in [2.24, 2.45) is 0 Å². The lowest BCUT2D eigenvalue weighted by atomic mass is 10.1. The maximum atomic E-state index is 12.7. The van der Waals surface area contributed by atoms with Crippen LogP contribution in [0, 0.1) is 0 Å². The monoisotopic (exact) mass is 753 g/mol. The summed E-state index contributed by atoms with van der Waals surface area (Å²) in [6, 6.07) is 0. The highest BCUT2D eigenvalue weighted by Gasteiger charge is 2.19.